The molecule has 0 aliphatic carbocycles. The Balaban J connectivity index is 1.97. The Labute approximate surface area is 132 Å². The summed E-state index contributed by atoms with van der Waals surface area (Å²) in [6.45, 7) is 3.20. The number of nitrogens with two attached hydrogens (primary N) is 1. The van der Waals surface area contributed by atoms with Crippen LogP contribution in [0.1, 0.15) is 23.6 Å². The predicted molar refractivity (Wildman–Crippen MR) is 89.7 cm³/mol. The van der Waals surface area contributed by atoms with Crippen molar-refractivity contribution in [2.75, 3.05) is 26.3 Å². The first-order chi connectivity index (χ1) is 10.9. The van der Waals surface area contributed by atoms with Gasteiger partial charge in [-0.25, -0.2) is 0 Å². The molecule has 2 N–H and O–H groups in total. The first-order valence-corrected chi connectivity index (χ1v) is 8.03. The number of nitrogens with zero attached hydrogens (tertiary/aromatic N) is 1. The Morgan fingerprint density at radius 3 is 2.14 bits per heavy atom. The van der Waals surface area contributed by atoms with Crippen LogP contribution in [0.15, 0.2) is 60.7 Å². The topological polar surface area (TPSA) is 38.5 Å². The van der Waals surface area contributed by atoms with Crippen molar-refractivity contribution in [2.24, 2.45) is 5.73 Å². The molecule has 0 bridgehead atoms. The predicted octanol–water partition coefficient (Wildman–Crippen LogP) is 2.83. The van der Waals surface area contributed by atoms with Crippen molar-refractivity contribution in [3.8, 4) is 0 Å². The lowest BCUT2D eigenvalue weighted by Crippen LogP contribution is -2.48. The number of morpholine rings is 1. The van der Waals surface area contributed by atoms with Gasteiger partial charge in [-0.2, -0.15) is 0 Å². The number of ether oxygens (including phenoxy) is 1. The normalized spacial score (nSPS) is 19.5. The maximum Gasteiger partial charge on any atom is 0.0623 e. The van der Waals surface area contributed by atoms with Gasteiger partial charge in [0.15, 0.2) is 0 Å². The van der Waals surface area contributed by atoms with Crippen LogP contribution >= 0.6 is 0 Å². The second-order valence-corrected chi connectivity index (χ2v) is 5.77. The fraction of sp³-hybridized carbons (Fsp3) is 0.368. The van der Waals surface area contributed by atoms with Crippen molar-refractivity contribution in [1.82, 2.24) is 4.90 Å². The quantitative estimate of drug-likeness (QED) is 0.922. The van der Waals surface area contributed by atoms with Gasteiger partial charge in [0.05, 0.1) is 19.3 Å². The third kappa shape index (κ3) is 3.38. The molecule has 2 aromatic rings. The Morgan fingerprint density at radius 1 is 1.00 bits per heavy atom. The average Bonchev–Trinajstić information content (AvgIpc) is 2.59. The van der Waals surface area contributed by atoms with Crippen LogP contribution in [0, 0.1) is 0 Å². The van der Waals surface area contributed by atoms with Crippen LogP contribution < -0.4 is 5.73 Å². The number of rotatable bonds is 5. The van der Waals surface area contributed by atoms with Crippen LogP contribution in [-0.2, 0) is 4.74 Å². The monoisotopic (exact) mass is 296 g/mol. The van der Waals surface area contributed by atoms with Gasteiger partial charge < -0.3 is 10.5 Å². The highest BCUT2D eigenvalue weighted by molar-refractivity contribution is 5.32. The second kappa shape index (κ2) is 7.54. The number of benzene rings is 2. The van der Waals surface area contributed by atoms with Crippen molar-refractivity contribution in [3.63, 3.8) is 0 Å². The third-order valence-electron chi connectivity index (χ3n) is 4.34. The van der Waals surface area contributed by atoms with E-state index in [9.17, 15) is 0 Å². The molecular weight excluding hydrogens is 272 g/mol. The highest BCUT2D eigenvalue weighted by Crippen LogP contribution is 2.32. The molecule has 0 radical (unpaired) electrons. The lowest BCUT2D eigenvalue weighted by atomic mass is 9.94. The fourth-order valence-corrected chi connectivity index (χ4v) is 3.30. The molecule has 3 rings (SSSR count). The molecular formula is C19H24N2O. The van der Waals surface area contributed by atoms with Gasteiger partial charge in [0.2, 0.25) is 0 Å². The summed E-state index contributed by atoms with van der Waals surface area (Å²) in [5.74, 6) is 0. The summed E-state index contributed by atoms with van der Waals surface area (Å²) in [5.41, 5.74) is 8.48. The van der Waals surface area contributed by atoms with Gasteiger partial charge in [-0.1, -0.05) is 60.7 Å². The number of hydrogen-bond donors (Lipinski definition) is 1. The summed E-state index contributed by atoms with van der Waals surface area (Å²) < 4.78 is 5.69. The van der Waals surface area contributed by atoms with Gasteiger partial charge >= 0.3 is 0 Å². The molecule has 116 valence electrons. The Morgan fingerprint density at radius 2 is 1.59 bits per heavy atom. The van der Waals surface area contributed by atoms with Crippen molar-refractivity contribution < 1.29 is 4.74 Å². The highest BCUT2D eigenvalue weighted by atomic mass is 16.5. The molecule has 0 amide bonds. The molecule has 1 atom stereocenters. The number of hydrogen-bond acceptors (Lipinski definition) is 3. The van der Waals surface area contributed by atoms with Gasteiger partial charge in [-0.15, -0.1) is 0 Å². The van der Waals surface area contributed by atoms with E-state index in [4.69, 9.17) is 10.5 Å². The third-order valence-corrected chi connectivity index (χ3v) is 4.34. The lowest BCUT2D eigenvalue weighted by Gasteiger charge is -2.41. The van der Waals surface area contributed by atoms with Gasteiger partial charge in [0.25, 0.3) is 0 Å². The average molecular weight is 296 g/mol. The van der Waals surface area contributed by atoms with E-state index < -0.39 is 0 Å². The Kier molecular flexibility index (Phi) is 5.22. The molecule has 2 aromatic carbocycles. The van der Waals surface area contributed by atoms with E-state index in [0.29, 0.717) is 12.6 Å². The van der Waals surface area contributed by atoms with Crippen LogP contribution in [-0.4, -0.2) is 37.2 Å². The molecule has 0 spiro atoms. The molecule has 1 fully saturated rings. The van der Waals surface area contributed by atoms with Gasteiger partial charge in [-0.05, 0) is 24.1 Å². The van der Waals surface area contributed by atoms with E-state index in [0.717, 1.165) is 26.2 Å². The van der Waals surface area contributed by atoms with E-state index in [1.54, 1.807) is 0 Å². The molecule has 0 saturated carbocycles. The molecule has 1 unspecified atom stereocenters. The summed E-state index contributed by atoms with van der Waals surface area (Å²) >= 11 is 0. The zero-order valence-corrected chi connectivity index (χ0v) is 12.9. The van der Waals surface area contributed by atoms with Crippen LogP contribution in [0.3, 0.4) is 0 Å². The standard InChI is InChI=1S/C19H24N2O/c20-12-11-18-15-22-14-13-21(18)19(16-7-3-1-4-8-16)17-9-5-2-6-10-17/h1-10,18-19H,11-15,20H2. The van der Waals surface area contributed by atoms with Crippen LogP contribution in [0.4, 0.5) is 0 Å². The summed E-state index contributed by atoms with van der Waals surface area (Å²) in [7, 11) is 0. The van der Waals surface area contributed by atoms with E-state index >= 15 is 0 Å². The zero-order chi connectivity index (χ0) is 15.2. The summed E-state index contributed by atoms with van der Waals surface area (Å²) in [6, 6.07) is 22.1. The lowest BCUT2D eigenvalue weighted by molar-refractivity contribution is -0.0240. The summed E-state index contributed by atoms with van der Waals surface area (Å²) in [4.78, 5) is 2.56. The Hall–Kier alpha value is -1.68. The largest absolute Gasteiger partial charge is 0.378 e. The maximum atomic E-state index is 5.82. The zero-order valence-electron chi connectivity index (χ0n) is 12.9. The fourth-order valence-electron chi connectivity index (χ4n) is 3.30. The van der Waals surface area contributed by atoms with Crippen molar-refractivity contribution >= 4 is 0 Å². The van der Waals surface area contributed by atoms with E-state index in [2.05, 4.69) is 65.6 Å². The van der Waals surface area contributed by atoms with Crippen LogP contribution in [0.2, 0.25) is 0 Å². The smallest absolute Gasteiger partial charge is 0.0623 e. The first-order valence-electron chi connectivity index (χ1n) is 8.03. The molecule has 1 heterocycles. The maximum absolute atomic E-state index is 5.82. The van der Waals surface area contributed by atoms with Gasteiger partial charge in [0, 0.05) is 12.6 Å². The van der Waals surface area contributed by atoms with Crippen molar-refractivity contribution in [3.05, 3.63) is 71.8 Å². The minimum atomic E-state index is 0.267. The van der Waals surface area contributed by atoms with E-state index in [1.807, 2.05) is 0 Å². The second-order valence-electron chi connectivity index (χ2n) is 5.77. The molecule has 3 heteroatoms. The molecule has 1 aliphatic heterocycles. The molecule has 3 nitrogen and oxygen atoms in total. The molecule has 1 saturated heterocycles. The van der Waals surface area contributed by atoms with E-state index in [-0.39, 0.29) is 6.04 Å². The van der Waals surface area contributed by atoms with Gasteiger partial charge in [0.1, 0.15) is 0 Å². The highest BCUT2D eigenvalue weighted by Gasteiger charge is 2.30. The SMILES string of the molecule is NCCC1COCCN1C(c1ccccc1)c1ccccc1. The molecule has 22 heavy (non-hydrogen) atoms. The van der Waals surface area contributed by atoms with E-state index in [1.165, 1.54) is 11.1 Å². The summed E-state index contributed by atoms with van der Waals surface area (Å²) in [5, 5.41) is 0. The molecule has 1 aliphatic rings. The van der Waals surface area contributed by atoms with Crippen LogP contribution in [0.25, 0.3) is 0 Å². The van der Waals surface area contributed by atoms with Crippen molar-refractivity contribution in [2.45, 2.75) is 18.5 Å². The molecule has 0 aromatic heterocycles. The van der Waals surface area contributed by atoms with Gasteiger partial charge in [-0.3, -0.25) is 4.90 Å². The van der Waals surface area contributed by atoms with Crippen LogP contribution in [0.5, 0.6) is 0 Å². The minimum Gasteiger partial charge on any atom is -0.378 e. The summed E-state index contributed by atoms with van der Waals surface area (Å²) in [6.07, 6.45) is 0.968. The Bertz CT molecular complexity index is 517. The van der Waals surface area contributed by atoms with Crippen molar-refractivity contribution in [1.29, 1.82) is 0 Å². The first kappa shape index (κ1) is 15.2. The minimum absolute atomic E-state index is 0.267.